The molecule has 3 N–H and O–H groups in total. The van der Waals surface area contributed by atoms with Crippen LogP contribution in [0.15, 0.2) is 24.3 Å². The summed E-state index contributed by atoms with van der Waals surface area (Å²) < 4.78 is 68.1. The summed E-state index contributed by atoms with van der Waals surface area (Å²) in [6, 6.07) is 0. The van der Waals surface area contributed by atoms with Crippen LogP contribution in [-0.2, 0) is 65.4 Å². The lowest BCUT2D eigenvalue weighted by molar-refractivity contribution is -0.161. The molecule has 0 bridgehead atoms. The van der Waals surface area contributed by atoms with Gasteiger partial charge in [0, 0.05) is 25.7 Å². The lowest BCUT2D eigenvalue weighted by atomic mass is 9.99. The smallest absolute Gasteiger partial charge is 0.462 e. The van der Waals surface area contributed by atoms with Crippen LogP contribution in [0.3, 0.4) is 0 Å². The Morgan fingerprint density at radius 2 is 0.636 bits per heavy atom. The molecule has 88 heavy (non-hydrogen) atoms. The van der Waals surface area contributed by atoms with Crippen molar-refractivity contribution in [1.82, 2.24) is 0 Å². The van der Waals surface area contributed by atoms with Crippen LogP contribution in [0.1, 0.15) is 330 Å². The van der Waals surface area contributed by atoms with E-state index in [0.717, 1.165) is 121 Å². The number of ether oxygens (including phenoxy) is 4. The Labute approximate surface area is 535 Å². The first-order valence-electron chi connectivity index (χ1n) is 35.5. The second-order valence-electron chi connectivity index (χ2n) is 24.5. The van der Waals surface area contributed by atoms with Crippen LogP contribution in [0, 0.1) is 5.92 Å². The second kappa shape index (κ2) is 62.0. The summed E-state index contributed by atoms with van der Waals surface area (Å²) in [7, 11) is -9.91. The molecule has 0 aromatic carbocycles. The topological polar surface area (TPSA) is 237 Å². The molecule has 0 saturated carbocycles. The number of esters is 4. The van der Waals surface area contributed by atoms with E-state index >= 15 is 0 Å². The maximum atomic E-state index is 13.0. The molecule has 518 valence electrons. The first kappa shape index (κ1) is 85.5. The minimum absolute atomic E-state index is 0.0854. The van der Waals surface area contributed by atoms with Crippen LogP contribution < -0.4 is 0 Å². The van der Waals surface area contributed by atoms with E-state index in [-0.39, 0.29) is 25.7 Å². The number of aliphatic hydroxyl groups excluding tert-OH is 1. The van der Waals surface area contributed by atoms with Gasteiger partial charge >= 0.3 is 39.5 Å². The van der Waals surface area contributed by atoms with Crippen molar-refractivity contribution in [3.63, 3.8) is 0 Å². The third-order valence-corrected chi connectivity index (χ3v) is 17.7. The molecule has 0 rings (SSSR count). The van der Waals surface area contributed by atoms with Crippen molar-refractivity contribution in [2.75, 3.05) is 39.6 Å². The van der Waals surface area contributed by atoms with E-state index < -0.39 is 97.5 Å². The maximum Gasteiger partial charge on any atom is 0.472 e. The summed E-state index contributed by atoms with van der Waals surface area (Å²) in [6.45, 7) is 7.13. The number of phosphoric ester groups is 2. The van der Waals surface area contributed by atoms with Gasteiger partial charge in [-0.1, -0.05) is 277 Å². The van der Waals surface area contributed by atoms with Crippen LogP contribution >= 0.6 is 15.6 Å². The molecule has 19 heteroatoms. The molecule has 6 atom stereocenters. The molecule has 0 aromatic heterocycles. The molecule has 0 spiro atoms. The van der Waals surface area contributed by atoms with Gasteiger partial charge in [-0.3, -0.25) is 37.3 Å². The second-order valence-corrected chi connectivity index (χ2v) is 27.4. The fourth-order valence-electron chi connectivity index (χ4n) is 9.89. The van der Waals surface area contributed by atoms with Gasteiger partial charge in [0.25, 0.3) is 0 Å². The van der Waals surface area contributed by atoms with E-state index in [1.54, 1.807) is 0 Å². The highest BCUT2D eigenvalue weighted by Gasteiger charge is 2.30. The Bertz CT molecular complexity index is 1800. The summed E-state index contributed by atoms with van der Waals surface area (Å²) >= 11 is 0. The van der Waals surface area contributed by atoms with Gasteiger partial charge in [-0.05, 0) is 57.3 Å². The number of phosphoric acid groups is 2. The standard InChI is InChI=1S/C69H130O17P2/c1-6-10-13-16-19-21-23-25-27-29-31-33-39-44-49-54-68(73)85-65(59-80-67(72)53-48-43-38-32-30-28-26-24-22-20-17-14-11-7-2)61-84-88(77,78)82-57-63(70)56-81-87(75,76)83-60-64(58-79-66(71)52-47-42-36-18-15-12-8-3)86-69(74)55-50-45-40-35-34-37-41-46-51-62(5)9-4/h21,23,25,27,62-65,70H,6-20,22,24,26,28-61H2,1-5H3,(H,75,76)(H,77,78)/b23-21-,27-25-/t62?,63-,64+,65+/m0/s1. The number of aliphatic hydroxyl groups is 1. The van der Waals surface area contributed by atoms with Crippen molar-refractivity contribution in [3.05, 3.63) is 24.3 Å². The lowest BCUT2D eigenvalue weighted by Gasteiger charge is -2.21. The molecule has 0 radical (unpaired) electrons. The molecule has 0 heterocycles. The Balaban J connectivity index is 5.26. The van der Waals surface area contributed by atoms with Crippen molar-refractivity contribution in [3.8, 4) is 0 Å². The minimum Gasteiger partial charge on any atom is -0.462 e. The SMILES string of the molecule is CCCCCC/C=C\C=C/CCCCCCCC(=O)O[C@H](COC(=O)CCCCCCCCCCCCCCCC)COP(=O)(O)OC[C@@H](O)COP(=O)(O)OC[C@@H](COC(=O)CCCCCCCCC)OC(=O)CCCCCCCCCCC(C)CC. The zero-order valence-electron chi connectivity index (χ0n) is 56.3. The fraction of sp³-hybridized carbons (Fsp3) is 0.884. The van der Waals surface area contributed by atoms with Gasteiger partial charge in [-0.25, -0.2) is 9.13 Å². The van der Waals surface area contributed by atoms with E-state index in [1.807, 2.05) is 0 Å². The van der Waals surface area contributed by atoms with E-state index in [9.17, 15) is 43.2 Å². The van der Waals surface area contributed by atoms with Crippen LogP contribution in [0.25, 0.3) is 0 Å². The van der Waals surface area contributed by atoms with Gasteiger partial charge in [0.15, 0.2) is 12.2 Å². The van der Waals surface area contributed by atoms with Crippen LogP contribution in [0.2, 0.25) is 0 Å². The number of carbonyl (C=O) groups excluding carboxylic acids is 4. The Morgan fingerprint density at radius 1 is 0.364 bits per heavy atom. The molecule has 0 fully saturated rings. The van der Waals surface area contributed by atoms with Gasteiger partial charge in [0.2, 0.25) is 0 Å². The molecule has 17 nitrogen and oxygen atoms in total. The minimum atomic E-state index is -4.96. The average Bonchev–Trinajstić information content (AvgIpc) is 3.71. The molecule has 0 aliphatic rings. The molecular weight excluding hydrogens is 1160 g/mol. The largest absolute Gasteiger partial charge is 0.472 e. The Hall–Kier alpha value is -2.46. The molecule has 3 unspecified atom stereocenters. The van der Waals surface area contributed by atoms with Crippen molar-refractivity contribution >= 4 is 39.5 Å². The summed E-state index contributed by atoms with van der Waals surface area (Å²) in [4.78, 5) is 72.3. The van der Waals surface area contributed by atoms with E-state index in [2.05, 4.69) is 58.9 Å². The zero-order valence-corrected chi connectivity index (χ0v) is 58.1. The highest BCUT2D eigenvalue weighted by atomic mass is 31.2. The molecule has 0 aliphatic carbocycles. The number of hydrogen-bond acceptors (Lipinski definition) is 15. The van der Waals surface area contributed by atoms with E-state index in [1.165, 1.54) is 128 Å². The summed E-state index contributed by atoms with van der Waals surface area (Å²) in [5, 5.41) is 10.6. The molecule has 0 aliphatic heterocycles. The first-order chi connectivity index (χ1) is 42.6. The van der Waals surface area contributed by atoms with Crippen LogP contribution in [0.4, 0.5) is 0 Å². The van der Waals surface area contributed by atoms with Gasteiger partial charge in [0.05, 0.1) is 26.4 Å². The number of unbranched alkanes of at least 4 members (excludes halogenated alkanes) is 35. The van der Waals surface area contributed by atoms with E-state index in [0.29, 0.717) is 25.7 Å². The highest BCUT2D eigenvalue weighted by Crippen LogP contribution is 2.45. The predicted molar refractivity (Wildman–Crippen MR) is 354 cm³/mol. The summed E-state index contributed by atoms with van der Waals surface area (Å²) in [5.74, 6) is -1.39. The quantitative estimate of drug-likeness (QED) is 0.0169. The zero-order chi connectivity index (χ0) is 64.9. The third-order valence-electron chi connectivity index (χ3n) is 15.8. The van der Waals surface area contributed by atoms with Gasteiger partial charge in [-0.15, -0.1) is 0 Å². The Morgan fingerprint density at radius 3 is 0.966 bits per heavy atom. The van der Waals surface area contributed by atoms with Crippen molar-refractivity contribution in [1.29, 1.82) is 0 Å². The van der Waals surface area contributed by atoms with Crippen LogP contribution in [-0.4, -0.2) is 96.7 Å². The summed E-state index contributed by atoms with van der Waals surface area (Å²) in [5.41, 5.74) is 0. The molecule has 0 saturated heterocycles. The number of hydrogen-bond donors (Lipinski definition) is 3. The van der Waals surface area contributed by atoms with Crippen LogP contribution in [0.5, 0.6) is 0 Å². The van der Waals surface area contributed by atoms with Crippen molar-refractivity contribution in [2.45, 2.75) is 348 Å². The van der Waals surface area contributed by atoms with Gasteiger partial charge in [-0.2, -0.15) is 0 Å². The number of allylic oxidation sites excluding steroid dienone is 4. The Kier molecular flexibility index (Phi) is 60.3. The monoisotopic (exact) mass is 1290 g/mol. The normalized spacial score (nSPS) is 14.6. The molecular formula is C69H130O17P2. The first-order valence-corrected chi connectivity index (χ1v) is 38.5. The van der Waals surface area contributed by atoms with Crippen molar-refractivity contribution in [2.24, 2.45) is 5.92 Å². The highest BCUT2D eigenvalue weighted by molar-refractivity contribution is 7.47. The predicted octanol–water partition coefficient (Wildman–Crippen LogP) is 19.3. The lowest BCUT2D eigenvalue weighted by Crippen LogP contribution is -2.30. The van der Waals surface area contributed by atoms with Gasteiger partial charge < -0.3 is 33.8 Å². The van der Waals surface area contributed by atoms with Crippen molar-refractivity contribution < 1.29 is 80.2 Å². The summed E-state index contributed by atoms with van der Waals surface area (Å²) in [6.07, 6.45) is 50.8. The van der Waals surface area contributed by atoms with E-state index in [4.69, 9.17) is 37.0 Å². The fourth-order valence-corrected chi connectivity index (χ4v) is 11.5. The maximum absolute atomic E-state index is 13.0. The molecule has 0 aromatic rings. The molecule has 0 amide bonds. The van der Waals surface area contributed by atoms with Gasteiger partial charge in [0.1, 0.15) is 19.3 Å². The third kappa shape index (κ3) is 61.1. The number of carbonyl (C=O) groups is 4. The average molecular weight is 1290 g/mol. The number of rotatable bonds is 67.